The number of carbonyl (C=O) groups excluding carboxylic acids is 1. The molecule has 0 heterocycles. The van der Waals surface area contributed by atoms with Crippen molar-refractivity contribution >= 4 is 33.2 Å². The number of hydrogen-bond acceptors (Lipinski definition) is 4. The summed E-state index contributed by atoms with van der Waals surface area (Å²) in [6.07, 6.45) is 0.858. The molecule has 0 unspecified atom stereocenters. The van der Waals surface area contributed by atoms with Crippen molar-refractivity contribution < 1.29 is 9.72 Å². The van der Waals surface area contributed by atoms with Gasteiger partial charge in [-0.2, -0.15) is 0 Å². The molecule has 6 nitrogen and oxygen atoms in total. The average Bonchev–Trinajstić information content (AvgIpc) is 2.28. The molecule has 1 rings (SSSR count). The third-order valence-corrected chi connectivity index (χ3v) is 3.09. The van der Waals surface area contributed by atoms with Crippen LogP contribution in [-0.2, 0) is 4.79 Å². The van der Waals surface area contributed by atoms with Gasteiger partial charge in [0.15, 0.2) is 0 Å². The number of nitrogens with two attached hydrogens (primary N) is 1. The Hall–Kier alpha value is -1.47. The second kappa shape index (κ2) is 6.12. The summed E-state index contributed by atoms with van der Waals surface area (Å²) < 4.78 is 0.474. The third kappa shape index (κ3) is 5.35. The topological polar surface area (TPSA) is 98.3 Å². The van der Waals surface area contributed by atoms with Gasteiger partial charge in [0.25, 0.3) is 5.69 Å². The molecule has 3 N–H and O–H groups in total. The zero-order valence-corrected chi connectivity index (χ0v) is 12.4. The van der Waals surface area contributed by atoms with E-state index < -0.39 is 10.5 Å². The molecule has 1 amide bonds. The lowest BCUT2D eigenvalue weighted by Gasteiger charge is -2.17. The number of halogens is 1. The Labute approximate surface area is 119 Å². The molecule has 0 aromatic heterocycles. The summed E-state index contributed by atoms with van der Waals surface area (Å²) >= 11 is 3.19. The van der Waals surface area contributed by atoms with E-state index in [1.807, 2.05) is 13.8 Å². The van der Waals surface area contributed by atoms with Gasteiger partial charge in [0.1, 0.15) is 0 Å². The molecule has 7 heteroatoms. The molecule has 0 spiro atoms. The zero-order chi connectivity index (χ0) is 14.6. The smallest absolute Gasteiger partial charge is 0.270 e. The second-order valence-corrected chi connectivity index (χ2v) is 5.81. The molecule has 0 fully saturated rings. The largest absolute Gasteiger partial charge is 0.326 e. The summed E-state index contributed by atoms with van der Waals surface area (Å²) in [6.45, 7) is 3.70. The van der Waals surface area contributed by atoms with E-state index in [9.17, 15) is 14.9 Å². The molecule has 0 aliphatic heterocycles. The molecular formula is C12H16BrN3O3. The van der Waals surface area contributed by atoms with Crippen LogP contribution in [0.5, 0.6) is 0 Å². The summed E-state index contributed by atoms with van der Waals surface area (Å²) in [5.41, 5.74) is 5.87. The first kappa shape index (κ1) is 15.6. The van der Waals surface area contributed by atoms with Crippen LogP contribution in [0.3, 0.4) is 0 Å². The summed E-state index contributed by atoms with van der Waals surface area (Å²) in [4.78, 5) is 21.8. The van der Waals surface area contributed by atoms with Crippen LogP contribution in [0.15, 0.2) is 22.7 Å². The van der Waals surface area contributed by atoms with Gasteiger partial charge in [0.05, 0.1) is 10.6 Å². The summed E-state index contributed by atoms with van der Waals surface area (Å²) in [6, 6.07) is 4.18. The van der Waals surface area contributed by atoms with E-state index in [-0.39, 0.29) is 11.6 Å². The standard InChI is InChI=1S/C12H16BrN3O3/c1-12(2,14)6-5-11(17)15-10-4-3-8(16(18)19)7-9(10)13/h3-4,7H,5-6,14H2,1-2H3,(H,15,17). The van der Waals surface area contributed by atoms with Gasteiger partial charge in [-0.15, -0.1) is 0 Å². The highest BCUT2D eigenvalue weighted by Gasteiger charge is 2.15. The Morgan fingerprint density at radius 2 is 2.16 bits per heavy atom. The van der Waals surface area contributed by atoms with Crippen molar-refractivity contribution in [2.75, 3.05) is 5.32 Å². The fourth-order valence-electron chi connectivity index (χ4n) is 1.37. The summed E-state index contributed by atoms with van der Waals surface area (Å²) in [5.74, 6) is -0.173. The maximum atomic E-state index is 11.7. The minimum Gasteiger partial charge on any atom is -0.326 e. The van der Waals surface area contributed by atoms with E-state index >= 15 is 0 Å². The number of amides is 1. The first-order valence-corrected chi connectivity index (χ1v) is 6.51. The van der Waals surface area contributed by atoms with Gasteiger partial charge >= 0.3 is 0 Å². The molecule has 1 aromatic carbocycles. The molecule has 0 atom stereocenters. The first-order valence-electron chi connectivity index (χ1n) is 5.72. The van der Waals surface area contributed by atoms with Gasteiger partial charge in [-0.1, -0.05) is 0 Å². The molecule has 19 heavy (non-hydrogen) atoms. The van der Waals surface area contributed by atoms with Crippen LogP contribution in [0, 0.1) is 10.1 Å². The molecule has 1 aromatic rings. The number of anilines is 1. The van der Waals surface area contributed by atoms with Crippen molar-refractivity contribution in [2.45, 2.75) is 32.2 Å². The van der Waals surface area contributed by atoms with Gasteiger partial charge in [0, 0.05) is 28.6 Å². The minimum atomic E-state index is -0.493. The Morgan fingerprint density at radius 1 is 1.53 bits per heavy atom. The molecular weight excluding hydrogens is 314 g/mol. The lowest BCUT2D eigenvalue weighted by molar-refractivity contribution is -0.384. The van der Waals surface area contributed by atoms with Crippen molar-refractivity contribution in [2.24, 2.45) is 5.73 Å². The highest BCUT2D eigenvalue weighted by molar-refractivity contribution is 9.10. The molecule has 0 bridgehead atoms. The van der Waals surface area contributed by atoms with Crippen LogP contribution in [0.25, 0.3) is 0 Å². The lowest BCUT2D eigenvalue weighted by Crippen LogP contribution is -2.33. The molecule has 0 saturated heterocycles. The molecule has 0 radical (unpaired) electrons. The molecule has 0 aliphatic carbocycles. The first-order chi connectivity index (χ1) is 8.69. The van der Waals surface area contributed by atoms with E-state index in [1.54, 1.807) is 0 Å². The Morgan fingerprint density at radius 3 is 2.63 bits per heavy atom. The van der Waals surface area contributed by atoms with Crippen molar-refractivity contribution in [1.29, 1.82) is 0 Å². The molecule has 0 saturated carbocycles. The fourth-order valence-corrected chi connectivity index (χ4v) is 1.83. The van der Waals surface area contributed by atoms with Crippen LogP contribution in [-0.4, -0.2) is 16.4 Å². The van der Waals surface area contributed by atoms with Gasteiger partial charge < -0.3 is 11.1 Å². The van der Waals surface area contributed by atoms with Gasteiger partial charge in [0.2, 0.25) is 5.91 Å². The number of non-ortho nitro benzene ring substituents is 1. The molecule has 0 aliphatic rings. The van der Waals surface area contributed by atoms with Gasteiger partial charge in [-0.3, -0.25) is 14.9 Å². The van der Waals surface area contributed by atoms with E-state index in [4.69, 9.17) is 5.73 Å². The summed E-state index contributed by atoms with van der Waals surface area (Å²) in [7, 11) is 0. The minimum absolute atomic E-state index is 0.0343. The van der Waals surface area contributed by atoms with Crippen molar-refractivity contribution in [3.8, 4) is 0 Å². The lowest BCUT2D eigenvalue weighted by atomic mass is 10.00. The SMILES string of the molecule is CC(C)(N)CCC(=O)Nc1ccc([N+](=O)[O-])cc1Br. The van der Waals surface area contributed by atoms with Crippen LogP contribution in [0.4, 0.5) is 11.4 Å². The normalized spacial score (nSPS) is 11.2. The van der Waals surface area contributed by atoms with E-state index in [1.165, 1.54) is 18.2 Å². The van der Waals surface area contributed by atoms with E-state index in [2.05, 4.69) is 21.2 Å². The third-order valence-electron chi connectivity index (χ3n) is 2.43. The summed E-state index contributed by atoms with van der Waals surface area (Å²) in [5, 5.41) is 13.3. The number of nitro groups is 1. The Balaban J connectivity index is 2.67. The second-order valence-electron chi connectivity index (χ2n) is 4.96. The van der Waals surface area contributed by atoms with Crippen molar-refractivity contribution in [3.05, 3.63) is 32.8 Å². The maximum Gasteiger partial charge on any atom is 0.270 e. The molecule has 104 valence electrons. The number of nitrogens with one attached hydrogen (secondary N) is 1. The average molecular weight is 330 g/mol. The van der Waals surface area contributed by atoms with E-state index in [0.29, 0.717) is 23.0 Å². The van der Waals surface area contributed by atoms with Crippen LogP contribution in [0.1, 0.15) is 26.7 Å². The highest BCUT2D eigenvalue weighted by Crippen LogP contribution is 2.27. The van der Waals surface area contributed by atoms with Crippen LogP contribution < -0.4 is 11.1 Å². The van der Waals surface area contributed by atoms with E-state index in [0.717, 1.165) is 0 Å². The van der Waals surface area contributed by atoms with Gasteiger partial charge in [-0.05, 0) is 42.3 Å². The Bertz CT molecular complexity index is 497. The zero-order valence-electron chi connectivity index (χ0n) is 10.8. The number of nitro benzene ring substituents is 1. The number of hydrogen-bond donors (Lipinski definition) is 2. The predicted octanol–water partition coefficient (Wildman–Crippen LogP) is 2.81. The highest BCUT2D eigenvalue weighted by atomic mass is 79.9. The van der Waals surface area contributed by atoms with Crippen molar-refractivity contribution in [3.63, 3.8) is 0 Å². The number of nitrogens with zero attached hydrogens (tertiary/aromatic N) is 1. The number of rotatable bonds is 5. The predicted molar refractivity (Wildman–Crippen MR) is 76.9 cm³/mol. The monoisotopic (exact) mass is 329 g/mol. The van der Waals surface area contributed by atoms with Crippen LogP contribution in [0.2, 0.25) is 0 Å². The number of carbonyl (C=O) groups is 1. The Kier molecular flexibility index (Phi) is 5.02. The number of benzene rings is 1. The quantitative estimate of drug-likeness (QED) is 0.640. The fraction of sp³-hybridized carbons (Fsp3) is 0.417. The van der Waals surface area contributed by atoms with Crippen LogP contribution >= 0.6 is 15.9 Å². The van der Waals surface area contributed by atoms with Crippen molar-refractivity contribution in [1.82, 2.24) is 0 Å². The maximum absolute atomic E-state index is 11.7. The van der Waals surface area contributed by atoms with Gasteiger partial charge in [-0.25, -0.2) is 0 Å².